The first-order chi connectivity index (χ1) is 13.9. The summed E-state index contributed by atoms with van der Waals surface area (Å²) < 4.78 is 15.5. The number of fused-ring (bicyclic) bond motifs is 2. The predicted molar refractivity (Wildman–Crippen MR) is 113 cm³/mol. The smallest absolute Gasteiger partial charge is 0.124 e. The second kappa shape index (κ2) is 6.61. The molecule has 2 aromatic heterocycles. The van der Waals surface area contributed by atoms with Gasteiger partial charge < -0.3 is 9.67 Å². The molecule has 6 heteroatoms. The fourth-order valence-corrected chi connectivity index (χ4v) is 6.07. The normalized spacial score (nSPS) is 25.7. The molecule has 29 heavy (non-hydrogen) atoms. The number of halogens is 1. The summed E-state index contributed by atoms with van der Waals surface area (Å²) in [5.41, 5.74) is 3.10. The van der Waals surface area contributed by atoms with Crippen molar-refractivity contribution in [1.82, 2.24) is 14.5 Å². The highest BCUT2D eigenvalue weighted by Gasteiger charge is 2.52. The van der Waals surface area contributed by atoms with Gasteiger partial charge >= 0.3 is 0 Å². The summed E-state index contributed by atoms with van der Waals surface area (Å²) >= 11 is 1.52. The molecular weight excluding hydrogens is 385 g/mol. The van der Waals surface area contributed by atoms with Crippen molar-refractivity contribution in [2.24, 2.45) is 11.3 Å². The van der Waals surface area contributed by atoms with E-state index in [1.165, 1.54) is 29.0 Å². The number of hydrogen-bond donors (Lipinski definition) is 1. The summed E-state index contributed by atoms with van der Waals surface area (Å²) in [6.07, 6.45) is 8.92. The van der Waals surface area contributed by atoms with Gasteiger partial charge in [-0.2, -0.15) is 0 Å². The number of nitrogens with zero attached hydrogens (tertiary/aromatic N) is 3. The molecule has 1 N–H and O–H groups in total. The van der Waals surface area contributed by atoms with Gasteiger partial charge in [0.05, 0.1) is 17.7 Å². The van der Waals surface area contributed by atoms with Crippen molar-refractivity contribution < 1.29 is 9.50 Å². The Balaban J connectivity index is 1.56. The first-order valence-corrected chi connectivity index (χ1v) is 10.9. The van der Waals surface area contributed by atoms with Gasteiger partial charge in [-0.15, -0.1) is 11.3 Å². The van der Waals surface area contributed by atoms with Crippen LogP contribution in [0.2, 0.25) is 0 Å². The summed E-state index contributed by atoms with van der Waals surface area (Å²) in [7, 11) is 0. The Morgan fingerprint density at radius 2 is 2.07 bits per heavy atom. The van der Waals surface area contributed by atoms with E-state index in [9.17, 15) is 9.50 Å². The number of rotatable bonds is 3. The van der Waals surface area contributed by atoms with Gasteiger partial charge in [0.2, 0.25) is 0 Å². The molecule has 3 atom stereocenters. The lowest BCUT2D eigenvalue weighted by Crippen LogP contribution is -2.48. The Bertz CT molecular complexity index is 1070. The molecule has 5 rings (SSSR count). The van der Waals surface area contributed by atoms with Crippen molar-refractivity contribution in [2.75, 3.05) is 0 Å². The highest BCUT2D eigenvalue weighted by molar-refractivity contribution is 7.09. The zero-order valence-corrected chi connectivity index (χ0v) is 17.4. The Kier molecular flexibility index (Phi) is 4.26. The molecule has 2 aliphatic rings. The average molecular weight is 410 g/mol. The van der Waals surface area contributed by atoms with Gasteiger partial charge in [0, 0.05) is 35.0 Å². The van der Waals surface area contributed by atoms with Crippen LogP contribution in [0, 0.1) is 17.2 Å². The minimum absolute atomic E-state index is 0.0750. The summed E-state index contributed by atoms with van der Waals surface area (Å²) in [6, 6.07) is 6.51. The lowest BCUT2D eigenvalue weighted by molar-refractivity contribution is -0.0713. The second-order valence-electron chi connectivity index (χ2n) is 8.63. The minimum Gasteiger partial charge on any atom is -0.383 e. The zero-order valence-electron chi connectivity index (χ0n) is 16.6. The van der Waals surface area contributed by atoms with E-state index in [0.717, 1.165) is 47.8 Å². The molecule has 1 fully saturated rings. The zero-order chi connectivity index (χ0) is 20.2. The summed E-state index contributed by atoms with van der Waals surface area (Å²) in [5, 5.41) is 14.2. The summed E-state index contributed by atoms with van der Waals surface area (Å²) in [5.74, 6) is -0.168. The topological polar surface area (TPSA) is 50.9 Å². The van der Waals surface area contributed by atoms with Crippen LogP contribution < -0.4 is 0 Å². The van der Waals surface area contributed by atoms with Crippen molar-refractivity contribution >= 4 is 17.4 Å². The van der Waals surface area contributed by atoms with Gasteiger partial charge in [-0.25, -0.2) is 14.4 Å². The van der Waals surface area contributed by atoms with E-state index in [1.807, 2.05) is 18.6 Å². The highest BCUT2D eigenvalue weighted by Crippen LogP contribution is 2.55. The van der Waals surface area contributed by atoms with Crippen LogP contribution in [0.5, 0.6) is 0 Å². The number of aromatic nitrogens is 3. The number of benzene rings is 1. The number of aliphatic hydroxyl groups is 1. The first-order valence-electron chi connectivity index (χ1n) is 10.0. The van der Waals surface area contributed by atoms with Crippen LogP contribution in [0.3, 0.4) is 0 Å². The predicted octanol–water partition coefficient (Wildman–Crippen LogP) is 5.26. The fraction of sp³-hybridized carbons (Fsp3) is 0.391. The van der Waals surface area contributed by atoms with Crippen molar-refractivity contribution in [3.63, 3.8) is 0 Å². The van der Waals surface area contributed by atoms with Crippen molar-refractivity contribution in [2.45, 2.75) is 45.3 Å². The maximum absolute atomic E-state index is 13.3. The third kappa shape index (κ3) is 2.89. The monoisotopic (exact) mass is 409 g/mol. The molecule has 3 aromatic rings. The SMILES string of the molecule is C[C@]12Cn3cnc(-c4ccc(F)cc4)c3C=C1CCC[C@@H]2[C@](C)(O)c1nccs1. The van der Waals surface area contributed by atoms with Crippen LogP contribution in [-0.2, 0) is 12.1 Å². The Labute approximate surface area is 173 Å². The minimum atomic E-state index is -0.972. The Morgan fingerprint density at radius 1 is 1.28 bits per heavy atom. The number of allylic oxidation sites excluding steroid dienone is 1. The molecule has 0 saturated heterocycles. The molecule has 3 heterocycles. The molecule has 1 aliphatic carbocycles. The van der Waals surface area contributed by atoms with Crippen LogP contribution in [0.4, 0.5) is 4.39 Å². The average Bonchev–Trinajstić information content (AvgIpc) is 3.36. The second-order valence-corrected chi connectivity index (χ2v) is 9.52. The fourth-order valence-electron chi connectivity index (χ4n) is 5.32. The van der Waals surface area contributed by atoms with E-state index in [1.54, 1.807) is 18.3 Å². The van der Waals surface area contributed by atoms with Gasteiger partial charge in [0.25, 0.3) is 0 Å². The number of imidazole rings is 1. The lowest BCUT2D eigenvalue weighted by Gasteiger charge is -2.51. The van der Waals surface area contributed by atoms with Crippen LogP contribution in [-0.4, -0.2) is 19.6 Å². The Morgan fingerprint density at radius 3 is 2.79 bits per heavy atom. The molecule has 150 valence electrons. The van der Waals surface area contributed by atoms with E-state index >= 15 is 0 Å². The third-order valence-electron chi connectivity index (χ3n) is 6.79. The highest BCUT2D eigenvalue weighted by atomic mass is 32.1. The molecule has 0 unspecified atom stereocenters. The molecule has 4 nitrogen and oxygen atoms in total. The number of hydrogen-bond acceptors (Lipinski definition) is 4. The van der Waals surface area contributed by atoms with Crippen LogP contribution in [0.15, 0.2) is 47.7 Å². The molecule has 0 amide bonds. The number of thiazole rings is 1. The first kappa shape index (κ1) is 18.7. The molecule has 1 saturated carbocycles. The third-order valence-corrected chi connectivity index (χ3v) is 7.79. The molecule has 0 bridgehead atoms. The van der Waals surface area contributed by atoms with Crippen LogP contribution in [0.25, 0.3) is 17.3 Å². The van der Waals surface area contributed by atoms with Crippen molar-refractivity contribution in [3.8, 4) is 11.3 Å². The molecule has 1 aliphatic heterocycles. The van der Waals surface area contributed by atoms with Crippen molar-refractivity contribution in [1.29, 1.82) is 0 Å². The van der Waals surface area contributed by atoms with E-state index in [-0.39, 0.29) is 17.2 Å². The maximum atomic E-state index is 13.3. The van der Waals surface area contributed by atoms with Gasteiger partial charge in [-0.1, -0.05) is 12.5 Å². The Hall–Kier alpha value is -2.31. The van der Waals surface area contributed by atoms with E-state index < -0.39 is 5.60 Å². The van der Waals surface area contributed by atoms with Gasteiger partial charge in [-0.05, 0) is 56.5 Å². The molecule has 0 radical (unpaired) electrons. The van der Waals surface area contributed by atoms with E-state index in [2.05, 4.69) is 27.5 Å². The molecule has 1 aromatic carbocycles. The quantitative estimate of drug-likeness (QED) is 0.642. The van der Waals surface area contributed by atoms with E-state index in [0.29, 0.717) is 0 Å². The van der Waals surface area contributed by atoms with Crippen LogP contribution >= 0.6 is 11.3 Å². The lowest BCUT2D eigenvalue weighted by atomic mass is 9.58. The van der Waals surface area contributed by atoms with E-state index in [4.69, 9.17) is 0 Å². The van der Waals surface area contributed by atoms with Gasteiger partial charge in [-0.3, -0.25) is 0 Å². The summed E-state index contributed by atoms with van der Waals surface area (Å²) in [6.45, 7) is 4.96. The molecular formula is C23H24FN3OS. The van der Waals surface area contributed by atoms with Crippen LogP contribution in [0.1, 0.15) is 43.8 Å². The van der Waals surface area contributed by atoms with Crippen molar-refractivity contribution in [3.05, 3.63) is 64.3 Å². The van der Waals surface area contributed by atoms with Gasteiger partial charge in [0.1, 0.15) is 16.4 Å². The summed E-state index contributed by atoms with van der Waals surface area (Å²) in [4.78, 5) is 9.07. The molecule has 0 spiro atoms. The maximum Gasteiger partial charge on any atom is 0.124 e. The van der Waals surface area contributed by atoms with Gasteiger partial charge in [0.15, 0.2) is 0 Å². The largest absolute Gasteiger partial charge is 0.383 e. The standard InChI is InChI=1S/C23H24FN3OS/c1-22-13-27-14-26-20(15-6-8-17(24)9-7-15)18(27)12-16(22)4-3-5-19(22)23(2,28)21-25-10-11-29-21/h6-12,14,19,28H,3-5,13H2,1-2H3/t19-,22-,23-/m0/s1.